The van der Waals surface area contributed by atoms with E-state index in [0.717, 1.165) is 5.69 Å². The van der Waals surface area contributed by atoms with Crippen LogP contribution in [0.2, 0.25) is 0 Å². The number of nitrogens with zero attached hydrogens (tertiary/aromatic N) is 1. The van der Waals surface area contributed by atoms with E-state index in [9.17, 15) is 0 Å². The number of pyridine rings is 1. The van der Waals surface area contributed by atoms with Crippen LogP contribution in [-0.4, -0.2) is 4.98 Å². The van der Waals surface area contributed by atoms with Crippen LogP contribution in [0.5, 0.6) is 0 Å². The summed E-state index contributed by atoms with van der Waals surface area (Å²) in [5.41, 5.74) is 3.53. The third kappa shape index (κ3) is 7.00. The van der Waals surface area contributed by atoms with Gasteiger partial charge in [0.15, 0.2) is 0 Å². The van der Waals surface area contributed by atoms with Gasteiger partial charge in [0.1, 0.15) is 0 Å². The Morgan fingerprint density at radius 1 is 1.33 bits per heavy atom. The molecule has 66 valence electrons. The van der Waals surface area contributed by atoms with Gasteiger partial charge in [-0.25, -0.2) is 0 Å². The van der Waals surface area contributed by atoms with Gasteiger partial charge in [-0.1, -0.05) is 5.57 Å². The maximum Gasteiger partial charge on any atom is 0.0375 e. The van der Waals surface area contributed by atoms with Gasteiger partial charge in [-0.2, -0.15) is 0 Å². The van der Waals surface area contributed by atoms with Crippen molar-refractivity contribution in [3.63, 3.8) is 0 Å². The number of hydrogen-bond donors (Lipinski definition) is 0. The van der Waals surface area contributed by atoms with E-state index in [0.29, 0.717) is 0 Å². The molecule has 1 aromatic rings. The molecule has 0 unspecified atom stereocenters. The van der Waals surface area contributed by atoms with E-state index in [1.165, 1.54) is 11.1 Å². The van der Waals surface area contributed by atoms with Crippen molar-refractivity contribution in [2.75, 3.05) is 0 Å². The van der Waals surface area contributed by atoms with Crippen LogP contribution in [0, 0.1) is 13.8 Å². The van der Waals surface area contributed by atoms with Crippen LogP contribution in [-0.2, 0) is 0 Å². The third-order valence-electron chi connectivity index (χ3n) is 1.05. The molecule has 0 radical (unpaired) electrons. The molecule has 0 saturated carbocycles. The molecule has 0 bridgehead atoms. The van der Waals surface area contributed by atoms with Crippen molar-refractivity contribution in [1.82, 2.24) is 4.98 Å². The highest BCUT2D eigenvalue weighted by Gasteiger charge is 1.82. The van der Waals surface area contributed by atoms with Crippen molar-refractivity contribution >= 4 is 0 Å². The minimum atomic E-state index is 1.09. The lowest BCUT2D eigenvalue weighted by Gasteiger charge is -1.90. The molecule has 0 N–H and O–H groups in total. The van der Waals surface area contributed by atoms with E-state index in [2.05, 4.69) is 24.6 Å². The lowest BCUT2D eigenvalue weighted by molar-refractivity contribution is 1.18. The molecular formula is C11H17N. The summed E-state index contributed by atoms with van der Waals surface area (Å²) >= 11 is 0. The first-order valence-corrected chi connectivity index (χ1v) is 4.03. The number of hydrogen-bond acceptors (Lipinski definition) is 1. The molecule has 0 aliphatic rings. The molecule has 0 atom stereocenters. The Hall–Kier alpha value is -1.11. The monoisotopic (exact) mass is 163 g/mol. The molecule has 0 saturated heterocycles. The van der Waals surface area contributed by atoms with Gasteiger partial charge in [0.05, 0.1) is 0 Å². The normalized spacial score (nSPS) is 8.33. The SMILES string of the molecule is C=C(C)C.Cc1ccnc(C)c1. The van der Waals surface area contributed by atoms with E-state index < -0.39 is 0 Å². The molecule has 0 aliphatic carbocycles. The molecule has 1 nitrogen and oxygen atoms in total. The van der Waals surface area contributed by atoms with Gasteiger partial charge < -0.3 is 0 Å². The quantitative estimate of drug-likeness (QED) is 0.535. The largest absolute Gasteiger partial charge is 0.262 e. The Balaban J connectivity index is 0.000000261. The summed E-state index contributed by atoms with van der Waals surface area (Å²) in [6.45, 7) is 11.6. The molecule has 0 amide bonds. The molecule has 1 heteroatoms. The van der Waals surface area contributed by atoms with E-state index in [1.807, 2.05) is 33.0 Å². The van der Waals surface area contributed by atoms with Gasteiger partial charge in [-0.15, -0.1) is 6.58 Å². The van der Waals surface area contributed by atoms with Crippen LogP contribution in [0.15, 0.2) is 30.5 Å². The molecule has 0 aliphatic heterocycles. The first-order chi connectivity index (χ1) is 5.52. The minimum Gasteiger partial charge on any atom is -0.262 e. The van der Waals surface area contributed by atoms with Crippen molar-refractivity contribution in [3.05, 3.63) is 41.7 Å². The number of aryl methyl sites for hydroxylation is 2. The van der Waals surface area contributed by atoms with Crippen LogP contribution in [0.4, 0.5) is 0 Å². The molecule has 1 heterocycles. The summed E-state index contributed by atoms with van der Waals surface area (Å²) in [5, 5.41) is 0. The summed E-state index contributed by atoms with van der Waals surface area (Å²) in [4.78, 5) is 4.04. The van der Waals surface area contributed by atoms with Crippen molar-refractivity contribution in [1.29, 1.82) is 0 Å². The maximum absolute atomic E-state index is 4.04. The van der Waals surface area contributed by atoms with Crippen LogP contribution in [0.3, 0.4) is 0 Å². The Labute approximate surface area is 75.2 Å². The fourth-order valence-electron chi connectivity index (χ4n) is 0.687. The molecule has 1 aromatic heterocycles. The molecule has 12 heavy (non-hydrogen) atoms. The molecule has 0 aromatic carbocycles. The average molecular weight is 163 g/mol. The van der Waals surface area contributed by atoms with Crippen molar-refractivity contribution in [2.24, 2.45) is 0 Å². The van der Waals surface area contributed by atoms with Gasteiger partial charge >= 0.3 is 0 Å². The number of allylic oxidation sites excluding steroid dienone is 1. The molecule has 1 rings (SSSR count). The lowest BCUT2D eigenvalue weighted by Crippen LogP contribution is -1.78. The van der Waals surface area contributed by atoms with Crippen LogP contribution >= 0.6 is 0 Å². The maximum atomic E-state index is 4.04. The third-order valence-corrected chi connectivity index (χ3v) is 1.05. The Kier molecular flexibility index (Phi) is 5.02. The number of rotatable bonds is 0. The van der Waals surface area contributed by atoms with E-state index in [1.54, 1.807) is 0 Å². The highest BCUT2D eigenvalue weighted by Crippen LogP contribution is 1.95. The lowest BCUT2D eigenvalue weighted by atomic mass is 10.3. The van der Waals surface area contributed by atoms with Gasteiger partial charge in [0.2, 0.25) is 0 Å². The molecule has 0 spiro atoms. The van der Waals surface area contributed by atoms with Crippen LogP contribution in [0.25, 0.3) is 0 Å². The fraction of sp³-hybridized carbons (Fsp3) is 0.364. The Morgan fingerprint density at radius 3 is 2.08 bits per heavy atom. The predicted octanol–water partition coefficient (Wildman–Crippen LogP) is 3.28. The van der Waals surface area contributed by atoms with Gasteiger partial charge in [-0.05, 0) is 45.4 Å². The summed E-state index contributed by atoms with van der Waals surface area (Å²) in [5.74, 6) is 0. The second-order valence-electron chi connectivity index (χ2n) is 3.18. The minimum absolute atomic E-state index is 1.09. The van der Waals surface area contributed by atoms with E-state index in [4.69, 9.17) is 0 Å². The smallest absolute Gasteiger partial charge is 0.0375 e. The van der Waals surface area contributed by atoms with Gasteiger partial charge in [-0.3, -0.25) is 4.98 Å². The first kappa shape index (κ1) is 10.9. The van der Waals surface area contributed by atoms with Crippen LogP contribution in [0.1, 0.15) is 25.1 Å². The Bertz CT molecular complexity index is 230. The van der Waals surface area contributed by atoms with Crippen molar-refractivity contribution < 1.29 is 0 Å². The standard InChI is InChI=1S/C7H9N.C4H8/c1-6-3-4-8-7(2)5-6;1-4(2)3/h3-5H,1-2H3;1H2,2-3H3. The topological polar surface area (TPSA) is 12.9 Å². The zero-order valence-electron chi connectivity index (χ0n) is 8.39. The summed E-state index contributed by atoms with van der Waals surface area (Å²) in [6.07, 6.45) is 1.82. The fourth-order valence-corrected chi connectivity index (χ4v) is 0.687. The van der Waals surface area contributed by atoms with Gasteiger partial charge in [0.25, 0.3) is 0 Å². The zero-order chi connectivity index (χ0) is 9.56. The van der Waals surface area contributed by atoms with E-state index in [-0.39, 0.29) is 0 Å². The first-order valence-electron chi connectivity index (χ1n) is 4.03. The zero-order valence-corrected chi connectivity index (χ0v) is 8.39. The summed E-state index contributed by atoms with van der Waals surface area (Å²) in [7, 11) is 0. The van der Waals surface area contributed by atoms with Gasteiger partial charge in [0, 0.05) is 11.9 Å². The molecular weight excluding hydrogens is 146 g/mol. The second-order valence-corrected chi connectivity index (χ2v) is 3.18. The highest BCUT2D eigenvalue weighted by atomic mass is 14.6. The number of aromatic nitrogens is 1. The predicted molar refractivity (Wildman–Crippen MR) is 54.2 cm³/mol. The Morgan fingerprint density at radius 2 is 1.83 bits per heavy atom. The molecule has 0 fully saturated rings. The van der Waals surface area contributed by atoms with Crippen LogP contribution < -0.4 is 0 Å². The highest BCUT2D eigenvalue weighted by molar-refractivity contribution is 5.12. The summed E-state index contributed by atoms with van der Waals surface area (Å²) in [6, 6.07) is 4.05. The van der Waals surface area contributed by atoms with E-state index >= 15 is 0 Å². The summed E-state index contributed by atoms with van der Waals surface area (Å²) < 4.78 is 0. The average Bonchev–Trinajstić information content (AvgIpc) is 1.84. The van der Waals surface area contributed by atoms with Crippen molar-refractivity contribution in [3.8, 4) is 0 Å². The second kappa shape index (κ2) is 5.53. The van der Waals surface area contributed by atoms with Crippen molar-refractivity contribution in [2.45, 2.75) is 27.7 Å².